The van der Waals surface area contributed by atoms with E-state index < -0.39 is 11.8 Å². The first kappa shape index (κ1) is 22.6. The van der Waals surface area contributed by atoms with Crippen LogP contribution in [0.5, 0.6) is 11.5 Å². The molecule has 8 nitrogen and oxygen atoms in total. The van der Waals surface area contributed by atoms with Crippen molar-refractivity contribution in [3.63, 3.8) is 0 Å². The first-order valence-corrected chi connectivity index (χ1v) is 10.6. The number of carbonyl (C=O) groups excluding carboxylic acids is 2. The zero-order valence-corrected chi connectivity index (χ0v) is 18.8. The highest BCUT2D eigenvalue weighted by molar-refractivity contribution is 6.05. The quantitative estimate of drug-likeness (QED) is 0.323. The van der Waals surface area contributed by atoms with Crippen LogP contribution in [0.4, 0.5) is 5.69 Å². The molecule has 3 aromatic rings. The van der Waals surface area contributed by atoms with Crippen molar-refractivity contribution in [3.8, 4) is 11.5 Å². The van der Waals surface area contributed by atoms with Crippen LogP contribution < -0.4 is 25.1 Å². The lowest BCUT2D eigenvalue weighted by Gasteiger charge is -2.12. The molecule has 34 heavy (non-hydrogen) atoms. The molecule has 0 aromatic heterocycles. The average molecular weight is 457 g/mol. The third kappa shape index (κ3) is 5.60. The number of carbonyl (C=O) groups is 2. The third-order valence-corrected chi connectivity index (χ3v) is 5.03. The summed E-state index contributed by atoms with van der Waals surface area (Å²) in [6.45, 7) is 0.178. The van der Waals surface area contributed by atoms with Gasteiger partial charge in [0, 0.05) is 25.3 Å². The minimum atomic E-state index is -0.557. The number of rotatable bonds is 7. The van der Waals surface area contributed by atoms with Crippen LogP contribution in [0, 0.1) is 0 Å². The Morgan fingerprint density at radius 1 is 0.912 bits per heavy atom. The van der Waals surface area contributed by atoms with Crippen LogP contribution in [0.1, 0.15) is 21.5 Å². The molecule has 2 N–H and O–H groups in total. The molecule has 3 aromatic carbocycles. The Kier molecular flexibility index (Phi) is 6.88. The lowest BCUT2D eigenvalue weighted by Crippen LogP contribution is -2.32. The number of nitrogens with zero attached hydrogens (tertiary/aromatic N) is 2. The van der Waals surface area contributed by atoms with E-state index in [0.717, 1.165) is 16.8 Å². The van der Waals surface area contributed by atoms with E-state index in [0.29, 0.717) is 17.1 Å². The highest BCUT2D eigenvalue weighted by Gasteiger charge is 2.15. The molecule has 0 radical (unpaired) electrons. The first-order valence-electron chi connectivity index (χ1n) is 10.6. The van der Waals surface area contributed by atoms with E-state index in [1.807, 2.05) is 49.3 Å². The van der Waals surface area contributed by atoms with Crippen LogP contribution in [0.3, 0.4) is 0 Å². The number of anilines is 1. The molecule has 0 saturated heterocycles. The number of hydrazone groups is 1. The SMILES string of the molecule is CN(C)c1ccc(/C=C(\NC(=O)c2ccccc2)C(=O)N/N=C\c2ccc3c(c2)OCO3)cc1. The highest BCUT2D eigenvalue weighted by atomic mass is 16.7. The van der Waals surface area contributed by atoms with E-state index in [9.17, 15) is 9.59 Å². The number of fused-ring (bicyclic) bond motifs is 1. The van der Waals surface area contributed by atoms with Crippen LogP contribution in [0.25, 0.3) is 6.08 Å². The number of ether oxygens (including phenoxy) is 2. The molecule has 8 heteroatoms. The predicted octanol–water partition coefficient (Wildman–Crippen LogP) is 3.40. The summed E-state index contributed by atoms with van der Waals surface area (Å²) in [7, 11) is 3.89. The van der Waals surface area contributed by atoms with Crippen LogP contribution in [-0.2, 0) is 4.79 Å². The lowest BCUT2D eigenvalue weighted by atomic mass is 10.1. The number of hydrogen-bond donors (Lipinski definition) is 2. The van der Waals surface area contributed by atoms with Gasteiger partial charge in [-0.05, 0) is 59.7 Å². The minimum Gasteiger partial charge on any atom is -0.454 e. The molecule has 0 unspecified atom stereocenters. The van der Waals surface area contributed by atoms with Crippen LogP contribution in [-0.4, -0.2) is 38.9 Å². The Bertz CT molecular complexity index is 1240. The molecular formula is C26H24N4O4. The summed E-state index contributed by atoms with van der Waals surface area (Å²) in [6, 6.07) is 21.6. The summed E-state index contributed by atoms with van der Waals surface area (Å²) < 4.78 is 10.6. The summed E-state index contributed by atoms with van der Waals surface area (Å²) in [4.78, 5) is 27.6. The Hall–Kier alpha value is -4.59. The van der Waals surface area contributed by atoms with Crippen molar-refractivity contribution in [2.24, 2.45) is 5.10 Å². The van der Waals surface area contributed by atoms with Gasteiger partial charge in [-0.15, -0.1) is 0 Å². The average Bonchev–Trinajstić information content (AvgIpc) is 3.32. The maximum atomic E-state index is 12.9. The van der Waals surface area contributed by atoms with Gasteiger partial charge < -0.3 is 19.7 Å². The summed E-state index contributed by atoms with van der Waals surface area (Å²) in [5, 5.41) is 6.72. The lowest BCUT2D eigenvalue weighted by molar-refractivity contribution is -0.117. The van der Waals surface area contributed by atoms with E-state index >= 15 is 0 Å². The van der Waals surface area contributed by atoms with Crippen molar-refractivity contribution in [2.75, 3.05) is 25.8 Å². The van der Waals surface area contributed by atoms with E-state index in [4.69, 9.17) is 9.47 Å². The van der Waals surface area contributed by atoms with E-state index in [-0.39, 0.29) is 12.5 Å². The van der Waals surface area contributed by atoms with E-state index in [1.165, 1.54) is 6.21 Å². The van der Waals surface area contributed by atoms with Gasteiger partial charge in [0.2, 0.25) is 6.79 Å². The van der Waals surface area contributed by atoms with Crippen LogP contribution in [0.2, 0.25) is 0 Å². The highest BCUT2D eigenvalue weighted by Crippen LogP contribution is 2.31. The Balaban J connectivity index is 1.52. The Morgan fingerprint density at radius 3 is 2.35 bits per heavy atom. The molecule has 1 aliphatic heterocycles. The normalized spacial score (nSPS) is 12.5. The van der Waals surface area contributed by atoms with Crippen molar-refractivity contribution in [3.05, 3.63) is 95.2 Å². The molecule has 1 heterocycles. The van der Waals surface area contributed by atoms with Crippen molar-refractivity contribution < 1.29 is 19.1 Å². The second kappa shape index (κ2) is 10.4. The van der Waals surface area contributed by atoms with Crippen LogP contribution in [0.15, 0.2) is 83.6 Å². The van der Waals surface area contributed by atoms with E-state index in [2.05, 4.69) is 15.8 Å². The van der Waals surface area contributed by atoms with Crippen molar-refractivity contribution in [1.82, 2.24) is 10.7 Å². The number of hydrogen-bond acceptors (Lipinski definition) is 6. The fraction of sp³-hybridized carbons (Fsp3) is 0.115. The van der Waals surface area contributed by atoms with Gasteiger partial charge in [-0.25, -0.2) is 5.43 Å². The summed E-state index contributed by atoms with van der Waals surface area (Å²) in [5.41, 5.74) is 5.47. The molecule has 0 bridgehead atoms. The largest absolute Gasteiger partial charge is 0.454 e. The van der Waals surface area contributed by atoms with Gasteiger partial charge >= 0.3 is 0 Å². The molecule has 0 atom stereocenters. The van der Waals surface area contributed by atoms with Crippen molar-refractivity contribution in [1.29, 1.82) is 0 Å². The van der Waals surface area contributed by atoms with Gasteiger partial charge in [-0.3, -0.25) is 9.59 Å². The van der Waals surface area contributed by atoms with Crippen molar-refractivity contribution >= 4 is 29.8 Å². The molecule has 0 aliphatic carbocycles. The fourth-order valence-corrected chi connectivity index (χ4v) is 3.20. The summed E-state index contributed by atoms with van der Waals surface area (Å²) >= 11 is 0. The van der Waals surface area contributed by atoms with Crippen molar-refractivity contribution in [2.45, 2.75) is 0 Å². The maximum absolute atomic E-state index is 12.9. The number of nitrogens with one attached hydrogen (secondary N) is 2. The Labute approximate surface area is 197 Å². The first-order chi connectivity index (χ1) is 16.5. The zero-order chi connectivity index (χ0) is 23.9. The zero-order valence-electron chi connectivity index (χ0n) is 18.8. The molecule has 0 spiro atoms. The topological polar surface area (TPSA) is 92.3 Å². The van der Waals surface area contributed by atoms with Gasteiger partial charge in [0.15, 0.2) is 11.5 Å². The molecule has 172 valence electrons. The van der Waals surface area contributed by atoms with Crippen LogP contribution >= 0.6 is 0 Å². The molecule has 1 aliphatic rings. The van der Waals surface area contributed by atoms with Gasteiger partial charge in [0.1, 0.15) is 5.70 Å². The smallest absolute Gasteiger partial charge is 0.287 e. The van der Waals surface area contributed by atoms with Gasteiger partial charge in [-0.1, -0.05) is 30.3 Å². The van der Waals surface area contributed by atoms with Gasteiger partial charge in [0.25, 0.3) is 11.8 Å². The summed E-state index contributed by atoms with van der Waals surface area (Å²) in [5.74, 6) is 0.326. The standard InChI is InChI=1S/C26H24N4O4/c1-30(2)21-11-8-18(9-12-21)14-22(28-25(31)20-6-4-3-5-7-20)26(32)29-27-16-19-10-13-23-24(15-19)34-17-33-23/h3-16H,17H2,1-2H3,(H,28,31)(H,29,32)/b22-14-,27-16-. The monoisotopic (exact) mass is 456 g/mol. The second-order valence-corrected chi connectivity index (χ2v) is 7.68. The third-order valence-electron chi connectivity index (χ3n) is 5.03. The molecule has 0 fully saturated rings. The fourth-order valence-electron chi connectivity index (χ4n) is 3.20. The molecule has 4 rings (SSSR count). The molecular weight excluding hydrogens is 432 g/mol. The second-order valence-electron chi connectivity index (χ2n) is 7.68. The predicted molar refractivity (Wildman–Crippen MR) is 131 cm³/mol. The Morgan fingerprint density at radius 2 is 1.62 bits per heavy atom. The minimum absolute atomic E-state index is 0.0642. The number of benzene rings is 3. The van der Waals surface area contributed by atoms with E-state index in [1.54, 1.807) is 48.5 Å². The molecule has 0 saturated carbocycles. The number of amides is 2. The molecule has 2 amide bonds. The van der Waals surface area contributed by atoms with Gasteiger partial charge in [-0.2, -0.15) is 5.10 Å². The maximum Gasteiger partial charge on any atom is 0.287 e. The summed E-state index contributed by atoms with van der Waals surface area (Å²) in [6.07, 6.45) is 3.09. The van der Waals surface area contributed by atoms with Gasteiger partial charge in [0.05, 0.1) is 6.21 Å².